The van der Waals surface area contributed by atoms with E-state index in [4.69, 9.17) is 0 Å². The molecular formula is C37H76. The van der Waals surface area contributed by atoms with Gasteiger partial charge < -0.3 is 0 Å². The van der Waals surface area contributed by atoms with E-state index in [-0.39, 0.29) is 0 Å². The Morgan fingerprint density at radius 1 is 0.243 bits per heavy atom. The summed E-state index contributed by atoms with van der Waals surface area (Å²) < 4.78 is 0. The number of hydrogen-bond donors (Lipinski definition) is 0. The van der Waals surface area contributed by atoms with Gasteiger partial charge in [0.1, 0.15) is 0 Å². The predicted molar refractivity (Wildman–Crippen MR) is 173 cm³/mol. The van der Waals surface area contributed by atoms with Crippen LogP contribution in [0.2, 0.25) is 0 Å². The smallest absolute Gasteiger partial charge is 0.0443 e. The second kappa shape index (κ2) is 32.2. The molecule has 0 saturated carbocycles. The van der Waals surface area contributed by atoms with E-state index in [0.717, 1.165) is 11.8 Å². The van der Waals surface area contributed by atoms with Crippen LogP contribution in [-0.4, -0.2) is 0 Å². The Hall–Kier alpha value is 0. The lowest BCUT2D eigenvalue weighted by atomic mass is 9.92. The topological polar surface area (TPSA) is 0 Å². The van der Waals surface area contributed by atoms with Gasteiger partial charge in [-0.2, -0.15) is 0 Å². The van der Waals surface area contributed by atoms with Gasteiger partial charge in [-0.05, 0) is 11.8 Å². The molecule has 0 amide bonds. The highest BCUT2D eigenvalue weighted by molar-refractivity contribution is 4.60. The Morgan fingerprint density at radius 3 is 0.676 bits per heavy atom. The molecule has 0 aromatic heterocycles. The van der Waals surface area contributed by atoms with Gasteiger partial charge >= 0.3 is 0 Å². The summed E-state index contributed by atoms with van der Waals surface area (Å²) in [6, 6.07) is 0. The van der Waals surface area contributed by atoms with Crippen LogP contribution in [0.25, 0.3) is 0 Å². The average molecular weight is 521 g/mol. The van der Waals surface area contributed by atoms with Crippen LogP contribution in [0.4, 0.5) is 0 Å². The molecule has 0 nitrogen and oxygen atoms in total. The highest BCUT2D eigenvalue weighted by Gasteiger charge is 2.06. The van der Waals surface area contributed by atoms with Crippen molar-refractivity contribution in [3.63, 3.8) is 0 Å². The van der Waals surface area contributed by atoms with Crippen molar-refractivity contribution in [3.05, 3.63) is 0 Å². The van der Waals surface area contributed by atoms with Crippen LogP contribution in [0, 0.1) is 11.8 Å². The van der Waals surface area contributed by atoms with Gasteiger partial charge in [-0.25, -0.2) is 0 Å². The molecule has 0 heterocycles. The molecule has 2 atom stereocenters. The maximum absolute atomic E-state index is 2.51. The van der Waals surface area contributed by atoms with Gasteiger partial charge in [0.25, 0.3) is 0 Å². The van der Waals surface area contributed by atoms with E-state index >= 15 is 0 Å². The number of hydrogen-bond acceptors (Lipinski definition) is 0. The minimum Gasteiger partial charge on any atom is -0.0654 e. The summed E-state index contributed by atoms with van der Waals surface area (Å²) in [5, 5.41) is 0. The second-order valence-corrected chi connectivity index (χ2v) is 13.2. The molecule has 0 spiro atoms. The van der Waals surface area contributed by atoms with Crippen molar-refractivity contribution < 1.29 is 0 Å². The zero-order valence-corrected chi connectivity index (χ0v) is 27.1. The molecule has 0 aromatic carbocycles. The molecule has 0 heteroatoms. The van der Waals surface area contributed by atoms with Gasteiger partial charge in [0.15, 0.2) is 0 Å². The Balaban J connectivity index is 3.25. The first-order valence-electron chi connectivity index (χ1n) is 18.2. The average Bonchev–Trinajstić information content (AvgIpc) is 2.89. The highest BCUT2D eigenvalue weighted by atomic mass is 14.1. The van der Waals surface area contributed by atoms with Gasteiger partial charge in [0.05, 0.1) is 0 Å². The molecule has 0 aliphatic rings. The van der Waals surface area contributed by atoms with Gasteiger partial charge in [-0.3, -0.25) is 0 Å². The number of rotatable bonds is 32. The summed E-state index contributed by atoms with van der Waals surface area (Å²) in [6.07, 6.45) is 45.6. The summed E-state index contributed by atoms with van der Waals surface area (Å²) in [6.45, 7) is 9.64. The summed E-state index contributed by atoms with van der Waals surface area (Å²) in [7, 11) is 0. The molecule has 0 radical (unpaired) electrons. The Bertz CT molecular complexity index is 385. The van der Waals surface area contributed by atoms with Crippen LogP contribution in [-0.2, 0) is 0 Å². The largest absolute Gasteiger partial charge is 0.0654 e. The van der Waals surface area contributed by atoms with Crippen molar-refractivity contribution in [3.8, 4) is 0 Å². The van der Waals surface area contributed by atoms with Crippen molar-refractivity contribution in [1.29, 1.82) is 0 Å². The lowest BCUT2D eigenvalue weighted by molar-refractivity contribution is 0.390. The first-order valence-corrected chi connectivity index (χ1v) is 18.2. The summed E-state index contributed by atoms with van der Waals surface area (Å²) >= 11 is 0. The first kappa shape index (κ1) is 37.0. The normalized spacial score (nSPS) is 13.3. The maximum atomic E-state index is 2.51. The molecule has 37 heavy (non-hydrogen) atoms. The lowest BCUT2D eigenvalue weighted by Gasteiger charge is -2.14. The van der Waals surface area contributed by atoms with Crippen molar-refractivity contribution in [2.45, 2.75) is 227 Å². The Kier molecular flexibility index (Phi) is 32.2. The zero-order valence-electron chi connectivity index (χ0n) is 27.1. The van der Waals surface area contributed by atoms with Crippen molar-refractivity contribution in [1.82, 2.24) is 0 Å². The monoisotopic (exact) mass is 521 g/mol. The van der Waals surface area contributed by atoms with Crippen LogP contribution < -0.4 is 0 Å². The molecule has 2 unspecified atom stereocenters. The van der Waals surface area contributed by atoms with Crippen molar-refractivity contribution >= 4 is 0 Å². The van der Waals surface area contributed by atoms with Crippen LogP contribution in [0.5, 0.6) is 0 Å². The SMILES string of the molecule is CCCCCCCCCCCCCCCCCCC(C)CCCC(C)CCCCCCCCCCCC. The van der Waals surface area contributed by atoms with Crippen LogP contribution in [0.1, 0.15) is 227 Å². The van der Waals surface area contributed by atoms with Gasteiger partial charge in [-0.15, -0.1) is 0 Å². The fourth-order valence-electron chi connectivity index (χ4n) is 6.12. The minimum atomic E-state index is 0.955. The van der Waals surface area contributed by atoms with Crippen LogP contribution >= 0.6 is 0 Å². The summed E-state index contributed by atoms with van der Waals surface area (Å²) in [5.41, 5.74) is 0. The fraction of sp³-hybridized carbons (Fsp3) is 1.00. The second-order valence-electron chi connectivity index (χ2n) is 13.2. The van der Waals surface area contributed by atoms with E-state index in [1.807, 2.05) is 0 Å². The van der Waals surface area contributed by atoms with Crippen molar-refractivity contribution in [2.24, 2.45) is 11.8 Å². The van der Waals surface area contributed by atoms with E-state index in [9.17, 15) is 0 Å². The summed E-state index contributed by atoms with van der Waals surface area (Å²) in [5.74, 6) is 1.91. The predicted octanol–water partition coefficient (Wildman–Crippen LogP) is 14.4. The molecular weight excluding hydrogens is 444 g/mol. The molecule has 0 bridgehead atoms. The van der Waals surface area contributed by atoms with Crippen LogP contribution in [0.3, 0.4) is 0 Å². The van der Waals surface area contributed by atoms with Gasteiger partial charge in [0.2, 0.25) is 0 Å². The van der Waals surface area contributed by atoms with Crippen molar-refractivity contribution in [2.75, 3.05) is 0 Å². The zero-order chi connectivity index (χ0) is 27.1. The minimum absolute atomic E-state index is 0.955. The Labute approximate surface area is 238 Å². The molecule has 0 aliphatic carbocycles. The third-order valence-corrected chi connectivity index (χ3v) is 8.99. The third-order valence-electron chi connectivity index (χ3n) is 8.99. The Morgan fingerprint density at radius 2 is 0.432 bits per heavy atom. The van der Waals surface area contributed by atoms with Gasteiger partial charge in [-0.1, -0.05) is 227 Å². The van der Waals surface area contributed by atoms with Crippen LogP contribution in [0.15, 0.2) is 0 Å². The van der Waals surface area contributed by atoms with E-state index < -0.39 is 0 Å². The lowest BCUT2D eigenvalue weighted by Crippen LogP contribution is -1.99. The number of unbranched alkanes of at least 4 members (excludes halogenated alkanes) is 24. The van der Waals surface area contributed by atoms with E-state index in [0.29, 0.717) is 0 Å². The highest BCUT2D eigenvalue weighted by Crippen LogP contribution is 2.22. The molecule has 0 rings (SSSR count). The first-order chi connectivity index (χ1) is 18.2. The molecule has 0 aliphatic heterocycles. The summed E-state index contributed by atoms with van der Waals surface area (Å²) in [4.78, 5) is 0. The molecule has 0 aromatic rings. The van der Waals surface area contributed by atoms with E-state index in [2.05, 4.69) is 27.7 Å². The maximum Gasteiger partial charge on any atom is -0.0443 e. The molecule has 224 valence electrons. The standard InChI is InChI=1S/C37H76/c1-5-7-9-11-13-15-17-18-19-20-21-22-24-26-28-30-33-37(4)35-31-34-36(3)32-29-27-25-23-16-14-12-10-8-6-2/h36-37H,5-35H2,1-4H3. The van der Waals surface area contributed by atoms with E-state index in [1.54, 1.807) is 0 Å². The van der Waals surface area contributed by atoms with E-state index in [1.165, 1.54) is 199 Å². The molecule has 0 fully saturated rings. The van der Waals surface area contributed by atoms with Gasteiger partial charge in [0, 0.05) is 0 Å². The third kappa shape index (κ3) is 32.1. The molecule has 0 saturated heterocycles. The fourth-order valence-corrected chi connectivity index (χ4v) is 6.12. The quantitative estimate of drug-likeness (QED) is 0.0773. The molecule has 0 N–H and O–H groups in total.